The minimum absolute atomic E-state index is 0.0160. The number of rotatable bonds is 6. The van der Waals surface area contributed by atoms with Crippen molar-refractivity contribution in [2.24, 2.45) is 0 Å². The number of cyclic esters (lactones) is 1. The van der Waals surface area contributed by atoms with Crippen LogP contribution < -0.4 is 4.90 Å². The molecule has 2 saturated heterocycles. The van der Waals surface area contributed by atoms with Gasteiger partial charge in [0.15, 0.2) is 17.5 Å². The summed E-state index contributed by atoms with van der Waals surface area (Å²) >= 11 is 0. The van der Waals surface area contributed by atoms with Crippen LogP contribution in [0.15, 0.2) is 45.8 Å². The van der Waals surface area contributed by atoms with Gasteiger partial charge in [-0.2, -0.15) is 9.29 Å². The molecule has 196 valence electrons. The van der Waals surface area contributed by atoms with Crippen molar-refractivity contribution in [2.45, 2.75) is 17.9 Å². The van der Waals surface area contributed by atoms with Crippen molar-refractivity contribution in [3.8, 4) is 11.4 Å². The van der Waals surface area contributed by atoms with E-state index in [1.807, 2.05) is 4.90 Å². The Morgan fingerprint density at radius 1 is 1.00 bits per heavy atom. The number of aryl methyl sites for hydroxylation is 1. The zero-order valence-electron chi connectivity index (χ0n) is 19.6. The molecule has 1 unspecified atom stereocenters. The zero-order valence-corrected chi connectivity index (χ0v) is 20.4. The largest absolute Gasteiger partial charge is 0.443 e. The molecule has 1 atom stereocenters. The summed E-state index contributed by atoms with van der Waals surface area (Å²) in [4.78, 5) is 19.2. The Morgan fingerprint density at radius 3 is 2.35 bits per heavy atom. The van der Waals surface area contributed by atoms with Gasteiger partial charge >= 0.3 is 6.09 Å². The highest BCUT2D eigenvalue weighted by molar-refractivity contribution is 7.89. The number of halogens is 3. The predicted octanol–water partition coefficient (Wildman–Crippen LogP) is 2.79. The molecule has 0 N–H and O–H groups in total. The summed E-state index contributed by atoms with van der Waals surface area (Å²) in [5, 5.41) is 3.87. The molecule has 1 amide bonds. The minimum atomic E-state index is -4.34. The van der Waals surface area contributed by atoms with Crippen molar-refractivity contribution in [1.29, 1.82) is 0 Å². The van der Waals surface area contributed by atoms with Gasteiger partial charge in [-0.25, -0.2) is 26.4 Å². The molecule has 3 aromatic rings. The maximum absolute atomic E-state index is 14.1. The molecule has 0 radical (unpaired) electrons. The Kier molecular flexibility index (Phi) is 6.64. The van der Waals surface area contributed by atoms with Crippen LogP contribution in [0.25, 0.3) is 11.4 Å². The van der Waals surface area contributed by atoms with E-state index in [-0.39, 0.29) is 26.2 Å². The number of piperazine rings is 1. The highest BCUT2D eigenvalue weighted by Gasteiger charge is 2.36. The van der Waals surface area contributed by atoms with Crippen LogP contribution in [0.1, 0.15) is 5.89 Å². The Hall–Kier alpha value is -3.49. The van der Waals surface area contributed by atoms with E-state index in [0.29, 0.717) is 36.6 Å². The average molecular weight is 538 g/mol. The molecule has 1 aromatic heterocycles. The van der Waals surface area contributed by atoms with E-state index in [9.17, 15) is 26.4 Å². The molecule has 2 aliphatic heterocycles. The van der Waals surface area contributed by atoms with Crippen LogP contribution >= 0.6 is 0 Å². The summed E-state index contributed by atoms with van der Waals surface area (Å²) < 4.78 is 77.9. The fourth-order valence-electron chi connectivity index (χ4n) is 4.32. The van der Waals surface area contributed by atoms with Gasteiger partial charge in [0.05, 0.1) is 6.54 Å². The second-order valence-electron chi connectivity index (χ2n) is 8.68. The maximum Gasteiger partial charge on any atom is 0.414 e. The Labute approximate surface area is 210 Å². The van der Waals surface area contributed by atoms with Gasteiger partial charge in [0.2, 0.25) is 21.7 Å². The van der Waals surface area contributed by atoms with Gasteiger partial charge in [0.25, 0.3) is 0 Å². The predicted molar refractivity (Wildman–Crippen MR) is 124 cm³/mol. The van der Waals surface area contributed by atoms with E-state index in [1.54, 1.807) is 31.2 Å². The van der Waals surface area contributed by atoms with E-state index in [4.69, 9.17) is 9.26 Å². The van der Waals surface area contributed by atoms with Crippen molar-refractivity contribution in [2.75, 3.05) is 44.2 Å². The second kappa shape index (κ2) is 9.76. The van der Waals surface area contributed by atoms with Gasteiger partial charge in [-0.1, -0.05) is 5.16 Å². The zero-order chi connectivity index (χ0) is 26.3. The lowest BCUT2D eigenvalue weighted by Crippen LogP contribution is -2.50. The number of aromatic nitrogens is 2. The summed E-state index contributed by atoms with van der Waals surface area (Å²) in [7, 11) is -4.34. The summed E-state index contributed by atoms with van der Waals surface area (Å²) in [5.74, 6) is -4.13. The molecule has 2 aliphatic rings. The lowest BCUT2D eigenvalue weighted by Gasteiger charge is -2.34. The van der Waals surface area contributed by atoms with Crippen molar-refractivity contribution < 1.29 is 35.6 Å². The number of hydrogen-bond acceptors (Lipinski definition) is 8. The second-order valence-corrected chi connectivity index (χ2v) is 10.6. The van der Waals surface area contributed by atoms with Crippen molar-refractivity contribution in [3.63, 3.8) is 0 Å². The monoisotopic (exact) mass is 537 g/mol. The first-order chi connectivity index (χ1) is 17.6. The van der Waals surface area contributed by atoms with Gasteiger partial charge in [-0.15, -0.1) is 0 Å². The average Bonchev–Trinajstić information content (AvgIpc) is 3.48. The van der Waals surface area contributed by atoms with Gasteiger partial charge < -0.3 is 9.26 Å². The lowest BCUT2D eigenvalue weighted by atomic mass is 10.2. The van der Waals surface area contributed by atoms with Crippen LogP contribution in [0.3, 0.4) is 0 Å². The molecule has 37 heavy (non-hydrogen) atoms. The Bertz CT molecular complexity index is 1430. The van der Waals surface area contributed by atoms with Crippen molar-refractivity contribution in [1.82, 2.24) is 19.3 Å². The topological polar surface area (TPSA) is 109 Å². The number of benzene rings is 2. The summed E-state index contributed by atoms with van der Waals surface area (Å²) in [6, 6.07) is 8.36. The number of sulfonamides is 1. The number of ether oxygens (including phenoxy) is 1. The van der Waals surface area contributed by atoms with Gasteiger partial charge in [-0.3, -0.25) is 9.80 Å². The molecular weight excluding hydrogens is 515 g/mol. The normalized spacial score (nSPS) is 19.4. The first-order valence-electron chi connectivity index (χ1n) is 11.4. The van der Waals surface area contributed by atoms with Crippen LogP contribution in [0.4, 0.5) is 23.7 Å². The Balaban J connectivity index is 1.18. The molecular formula is C23H22F3N5O5S. The van der Waals surface area contributed by atoms with E-state index >= 15 is 0 Å². The molecule has 0 spiro atoms. The standard InChI is InChI=1S/C23H22F3N5O5S/c1-14-27-22(28-36-14)15-2-4-16(5-3-15)31-13-17(35-23(31)32)12-29-8-10-30(11-9-29)37(33,34)19-7-6-18(24)20(25)21(19)26/h2-7,17H,8-13H2,1H3. The fourth-order valence-corrected chi connectivity index (χ4v) is 5.80. The molecule has 14 heteroatoms. The number of carbonyl (C=O) groups is 1. The van der Waals surface area contributed by atoms with Crippen molar-refractivity contribution >= 4 is 21.8 Å². The molecule has 3 heterocycles. The third-order valence-corrected chi connectivity index (χ3v) is 8.17. The first-order valence-corrected chi connectivity index (χ1v) is 12.8. The summed E-state index contributed by atoms with van der Waals surface area (Å²) in [5.41, 5.74) is 1.38. The Morgan fingerprint density at radius 2 is 1.70 bits per heavy atom. The number of amides is 1. The fraction of sp³-hybridized carbons (Fsp3) is 0.348. The number of anilines is 1. The summed E-state index contributed by atoms with van der Waals surface area (Å²) in [6.45, 7) is 2.98. The third-order valence-electron chi connectivity index (χ3n) is 6.25. The number of hydrogen-bond donors (Lipinski definition) is 0. The maximum atomic E-state index is 14.1. The minimum Gasteiger partial charge on any atom is -0.443 e. The number of carbonyl (C=O) groups excluding carboxylic acids is 1. The summed E-state index contributed by atoms with van der Waals surface area (Å²) in [6.07, 6.45) is -0.943. The highest BCUT2D eigenvalue weighted by Crippen LogP contribution is 2.27. The molecule has 10 nitrogen and oxygen atoms in total. The number of nitrogens with zero attached hydrogens (tertiary/aromatic N) is 5. The third kappa shape index (κ3) is 4.91. The quantitative estimate of drug-likeness (QED) is 0.442. The molecule has 2 fully saturated rings. The van der Waals surface area contributed by atoms with Crippen LogP contribution in [-0.4, -0.2) is 79.2 Å². The highest BCUT2D eigenvalue weighted by atomic mass is 32.2. The van der Waals surface area contributed by atoms with E-state index in [1.165, 1.54) is 4.90 Å². The molecule has 0 aliphatic carbocycles. The van der Waals surface area contributed by atoms with Gasteiger partial charge in [0.1, 0.15) is 11.0 Å². The van der Waals surface area contributed by atoms with Crippen LogP contribution in [-0.2, 0) is 14.8 Å². The van der Waals surface area contributed by atoms with E-state index in [2.05, 4.69) is 10.1 Å². The van der Waals surface area contributed by atoms with Crippen molar-refractivity contribution in [3.05, 3.63) is 59.7 Å². The van der Waals surface area contributed by atoms with Crippen LogP contribution in [0.5, 0.6) is 0 Å². The molecule has 2 aromatic carbocycles. The first kappa shape index (κ1) is 25.2. The molecule has 0 bridgehead atoms. The van der Waals surface area contributed by atoms with Gasteiger partial charge in [-0.05, 0) is 36.4 Å². The SMILES string of the molecule is Cc1nc(-c2ccc(N3CC(CN4CCN(S(=O)(=O)c5ccc(F)c(F)c5F)CC4)OC3=O)cc2)no1. The van der Waals surface area contributed by atoms with E-state index in [0.717, 1.165) is 15.9 Å². The molecule has 5 rings (SSSR count). The van der Waals surface area contributed by atoms with Crippen LogP contribution in [0, 0.1) is 24.4 Å². The van der Waals surface area contributed by atoms with E-state index < -0.39 is 44.6 Å². The smallest absolute Gasteiger partial charge is 0.414 e. The van der Waals surface area contributed by atoms with Crippen LogP contribution in [0.2, 0.25) is 0 Å². The molecule has 0 saturated carbocycles. The van der Waals surface area contributed by atoms with Gasteiger partial charge in [0, 0.05) is 50.9 Å². The lowest BCUT2D eigenvalue weighted by molar-refractivity contribution is 0.0937.